The molecule has 166 valence electrons. The summed E-state index contributed by atoms with van der Waals surface area (Å²) in [5.41, 5.74) is 2.46. The Kier molecular flexibility index (Phi) is 12.1. The molecule has 0 aliphatic carbocycles. The number of piperidine rings is 1. The summed E-state index contributed by atoms with van der Waals surface area (Å²) in [5.74, 6) is 0.115. The van der Waals surface area contributed by atoms with Crippen LogP contribution in [0.25, 0.3) is 0 Å². The number of hydrogen-bond acceptors (Lipinski definition) is 5. The van der Waals surface area contributed by atoms with Crippen molar-refractivity contribution in [2.24, 2.45) is 0 Å². The van der Waals surface area contributed by atoms with E-state index in [1.165, 1.54) is 12.0 Å². The van der Waals surface area contributed by atoms with Crippen LogP contribution in [0.15, 0.2) is 24.3 Å². The Bertz CT molecular complexity index is 597. The zero-order chi connectivity index (χ0) is 19.1. The van der Waals surface area contributed by atoms with Gasteiger partial charge in [0.2, 0.25) is 5.91 Å². The van der Waals surface area contributed by atoms with Crippen molar-refractivity contribution in [1.82, 2.24) is 20.4 Å². The van der Waals surface area contributed by atoms with E-state index >= 15 is 0 Å². The molecule has 2 aliphatic heterocycles. The zero-order valence-corrected chi connectivity index (χ0v) is 19.2. The maximum absolute atomic E-state index is 12.5. The van der Waals surface area contributed by atoms with Crippen LogP contribution in [0.4, 0.5) is 0 Å². The Morgan fingerprint density at radius 1 is 1.14 bits per heavy atom. The number of rotatable bonds is 7. The molecule has 0 aromatic heterocycles. The number of likely N-dealkylation sites (tertiary alicyclic amines) is 1. The third-order valence-corrected chi connectivity index (χ3v) is 5.79. The first kappa shape index (κ1) is 26.1. The smallest absolute Gasteiger partial charge is 0.237 e. The first-order valence-corrected chi connectivity index (χ1v) is 10.2. The number of likely N-dealkylation sites (N-methyl/N-ethyl adjacent to an activating group) is 1. The Morgan fingerprint density at radius 2 is 1.79 bits per heavy atom. The molecule has 2 heterocycles. The van der Waals surface area contributed by atoms with Gasteiger partial charge in [-0.05, 0) is 44.5 Å². The van der Waals surface area contributed by atoms with Crippen LogP contribution in [0.5, 0.6) is 0 Å². The molecule has 2 N–H and O–H groups in total. The van der Waals surface area contributed by atoms with Crippen molar-refractivity contribution in [3.8, 4) is 0 Å². The van der Waals surface area contributed by atoms with Gasteiger partial charge in [-0.1, -0.05) is 24.3 Å². The molecule has 8 heteroatoms. The lowest BCUT2D eigenvalue weighted by Gasteiger charge is -2.35. The number of halogens is 2. The second-order valence-electron chi connectivity index (χ2n) is 7.72. The van der Waals surface area contributed by atoms with Gasteiger partial charge in [-0.15, -0.1) is 24.8 Å². The highest BCUT2D eigenvalue weighted by Gasteiger charge is 2.26. The van der Waals surface area contributed by atoms with Crippen molar-refractivity contribution >= 4 is 30.7 Å². The van der Waals surface area contributed by atoms with E-state index in [0.717, 1.165) is 57.9 Å². The monoisotopic (exact) mass is 446 g/mol. The Morgan fingerprint density at radius 3 is 2.45 bits per heavy atom. The van der Waals surface area contributed by atoms with Crippen LogP contribution < -0.4 is 10.6 Å². The summed E-state index contributed by atoms with van der Waals surface area (Å²) in [6, 6.07) is 9.00. The molecule has 2 aliphatic rings. The summed E-state index contributed by atoms with van der Waals surface area (Å²) >= 11 is 0. The van der Waals surface area contributed by atoms with E-state index in [2.05, 4.69) is 44.7 Å². The average molecular weight is 447 g/mol. The predicted molar refractivity (Wildman–Crippen MR) is 122 cm³/mol. The lowest BCUT2D eigenvalue weighted by atomic mass is 10.0. The van der Waals surface area contributed by atoms with E-state index in [9.17, 15) is 4.79 Å². The molecule has 0 bridgehead atoms. The normalized spacial score (nSPS) is 21.5. The number of hydrogen-bond donors (Lipinski definition) is 2. The van der Waals surface area contributed by atoms with Gasteiger partial charge >= 0.3 is 0 Å². The van der Waals surface area contributed by atoms with Gasteiger partial charge in [0.25, 0.3) is 0 Å². The highest BCUT2D eigenvalue weighted by Crippen LogP contribution is 2.13. The third-order valence-electron chi connectivity index (χ3n) is 5.79. The summed E-state index contributed by atoms with van der Waals surface area (Å²) in [7, 11) is 2.00. The minimum Gasteiger partial charge on any atom is -0.379 e. The number of morpholine rings is 1. The molecule has 1 aromatic carbocycles. The molecule has 1 amide bonds. The maximum atomic E-state index is 12.5. The lowest BCUT2D eigenvalue weighted by Crippen LogP contribution is -2.52. The number of amides is 1. The quantitative estimate of drug-likeness (QED) is 0.670. The summed E-state index contributed by atoms with van der Waals surface area (Å²) < 4.78 is 5.40. The van der Waals surface area contributed by atoms with E-state index in [1.54, 1.807) is 0 Å². The minimum absolute atomic E-state index is 0. The summed E-state index contributed by atoms with van der Waals surface area (Å²) in [4.78, 5) is 17.2. The number of carbonyl (C=O) groups excluding carboxylic acids is 1. The van der Waals surface area contributed by atoms with E-state index in [1.807, 2.05) is 14.0 Å². The molecule has 0 radical (unpaired) electrons. The molecular formula is C21H36Cl2N4O2. The summed E-state index contributed by atoms with van der Waals surface area (Å²) in [5, 5.41) is 6.44. The number of nitrogens with one attached hydrogen (secondary N) is 2. The van der Waals surface area contributed by atoms with Crippen LogP contribution in [-0.4, -0.2) is 74.2 Å². The van der Waals surface area contributed by atoms with Crippen LogP contribution in [-0.2, 0) is 22.6 Å². The predicted octanol–water partition coefficient (Wildman–Crippen LogP) is 2.05. The molecular weight excluding hydrogens is 411 g/mol. The molecule has 3 rings (SSSR count). The van der Waals surface area contributed by atoms with Gasteiger partial charge in [0.05, 0.1) is 19.3 Å². The van der Waals surface area contributed by atoms with Gasteiger partial charge in [-0.3, -0.25) is 14.6 Å². The fourth-order valence-electron chi connectivity index (χ4n) is 3.88. The number of carbonyl (C=O) groups is 1. The van der Waals surface area contributed by atoms with Crippen molar-refractivity contribution in [3.05, 3.63) is 35.4 Å². The lowest BCUT2D eigenvalue weighted by molar-refractivity contribution is -0.126. The topological polar surface area (TPSA) is 56.8 Å². The van der Waals surface area contributed by atoms with Crippen molar-refractivity contribution in [3.63, 3.8) is 0 Å². The summed E-state index contributed by atoms with van der Waals surface area (Å²) in [6.07, 6.45) is 2.34. The Balaban J connectivity index is 0.00000210. The highest BCUT2D eigenvalue weighted by molar-refractivity contribution is 5.85. The Labute approximate surface area is 187 Å². The second kappa shape index (κ2) is 13.4. The third kappa shape index (κ3) is 8.04. The van der Waals surface area contributed by atoms with Crippen LogP contribution in [0.2, 0.25) is 0 Å². The molecule has 0 spiro atoms. The Hall–Kier alpha value is -0.890. The fourth-order valence-corrected chi connectivity index (χ4v) is 3.88. The number of ether oxygens (including phenoxy) is 1. The van der Waals surface area contributed by atoms with Gasteiger partial charge in [0.1, 0.15) is 0 Å². The van der Waals surface area contributed by atoms with Crippen LogP contribution in [0.1, 0.15) is 30.9 Å². The van der Waals surface area contributed by atoms with Gasteiger partial charge in [0, 0.05) is 38.8 Å². The van der Waals surface area contributed by atoms with E-state index in [4.69, 9.17) is 4.74 Å². The van der Waals surface area contributed by atoms with E-state index in [0.29, 0.717) is 12.6 Å². The number of benzene rings is 1. The number of nitrogens with zero attached hydrogens (tertiary/aromatic N) is 2. The van der Waals surface area contributed by atoms with Gasteiger partial charge in [-0.25, -0.2) is 0 Å². The van der Waals surface area contributed by atoms with Crippen molar-refractivity contribution < 1.29 is 9.53 Å². The van der Waals surface area contributed by atoms with Crippen molar-refractivity contribution in [2.75, 3.05) is 46.4 Å². The molecule has 0 saturated carbocycles. The molecule has 2 saturated heterocycles. The van der Waals surface area contributed by atoms with Crippen LogP contribution >= 0.6 is 24.8 Å². The minimum atomic E-state index is -0.0817. The molecule has 2 atom stereocenters. The first-order valence-electron chi connectivity index (χ1n) is 10.2. The van der Waals surface area contributed by atoms with Crippen molar-refractivity contribution in [1.29, 1.82) is 0 Å². The van der Waals surface area contributed by atoms with Crippen LogP contribution in [0.3, 0.4) is 0 Å². The van der Waals surface area contributed by atoms with Gasteiger partial charge < -0.3 is 15.4 Å². The van der Waals surface area contributed by atoms with Gasteiger partial charge in [-0.2, -0.15) is 0 Å². The molecule has 29 heavy (non-hydrogen) atoms. The summed E-state index contributed by atoms with van der Waals surface area (Å²) in [6.45, 7) is 9.17. The maximum Gasteiger partial charge on any atom is 0.237 e. The van der Waals surface area contributed by atoms with Crippen LogP contribution in [0, 0.1) is 0 Å². The average Bonchev–Trinajstić information content (AvgIpc) is 2.73. The standard InChI is InChI=1S/C21H34N4O2.2ClH/c1-17(25-9-3-4-20(16-25)22-2)21(26)23-14-18-5-7-19(8-6-18)15-24-10-12-27-13-11-24;;/h5-8,17,20,22H,3-4,9-16H2,1-2H3,(H,23,26);2*1H. The second-order valence-corrected chi connectivity index (χ2v) is 7.72. The molecule has 2 fully saturated rings. The molecule has 6 nitrogen and oxygen atoms in total. The zero-order valence-electron chi connectivity index (χ0n) is 17.6. The SMILES string of the molecule is CNC1CCCN(C(C)C(=O)NCc2ccc(CN3CCOCC3)cc2)C1.Cl.Cl. The fraction of sp³-hybridized carbons (Fsp3) is 0.667. The van der Waals surface area contributed by atoms with E-state index < -0.39 is 0 Å². The molecule has 2 unspecified atom stereocenters. The van der Waals surface area contributed by atoms with Crippen molar-refractivity contribution in [2.45, 2.75) is 44.9 Å². The molecule has 1 aromatic rings. The van der Waals surface area contributed by atoms with E-state index in [-0.39, 0.29) is 36.8 Å². The van der Waals surface area contributed by atoms with Gasteiger partial charge in [0.15, 0.2) is 0 Å². The largest absolute Gasteiger partial charge is 0.379 e. The first-order chi connectivity index (χ1) is 13.2. The highest BCUT2D eigenvalue weighted by atomic mass is 35.5.